The van der Waals surface area contributed by atoms with Crippen LogP contribution in [0.5, 0.6) is 0 Å². The van der Waals surface area contributed by atoms with Gasteiger partial charge in [0.05, 0.1) is 14.8 Å². The molecule has 0 aliphatic carbocycles. The highest BCUT2D eigenvalue weighted by Crippen LogP contribution is 2.32. The molecule has 0 atom stereocenters. The number of hydrogen-bond donors (Lipinski definition) is 1. The van der Waals surface area contributed by atoms with Gasteiger partial charge < -0.3 is 0 Å². The Morgan fingerprint density at radius 2 is 1.65 bits per heavy atom. The number of aromatic nitrogens is 3. The Labute approximate surface area is 124 Å². The van der Waals surface area contributed by atoms with Crippen molar-refractivity contribution in [2.45, 2.75) is 9.79 Å². The van der Waals surface area contributed by atoms with Gasteiger partial charge in [-0.3, -0.25) is 0 Å². The first-order valence-electron chi connectivity index (χ1n) is 5.50. The largest absolute Gasteiger partial charge is 0.218 e. The highest BCUT2D eigenvalue weighted by Gasteiger charge is 2.23. The van der Waals surface area contributed by atoms with E-state index in [9.17, 15) is 8.42 Å². The number of rotatable bonds is 2. The van der Waals surface area contributed by atoms with E-state index >= 15 is 0 Å². The van der Waals surface area contributed by atoms with Gasteiger partial charge in [0, 0.05) is 5.02 Å². The number of nitrogens with zero attached hydrogens (tertiary/aromatic N) is 2. The second kappa shape index (κ2) is 4.73. The van der Waals surface area contributed by atoms with Gasteiger partial charge in [-0.25, -0.2) is 8.42 Å². The quantitative estimate of drug-likeness (QED) is 0.784. The van der Waals surface area contributed by atoms with Gasteiger partial charge in [-0.05, 0) is 36.4 Å². The molecule has 0 saturated heterocycles. The monoisotopic (exact) mass is 327 g/mol. The van der Waals surface area contributed by atoms with Gasteiger partial charge in [0.15, 0.2) is 0 Å². The normalized spacial score (nSPS) is 11.9. The number of fused-ring (bicyclic) bond motifs is 1. The molecule has 3 rings (SSSR count). The van der Waals surface area contributed by atoms with Crippen LogP contribution in [-0.2, 0) is 9.84 Å². The molecule has 1 heterocycles. The molecule has 102 valence electrons. The summed E-state index contributed by atoms with van der Waals surface area (Å²) in [7, 11) is -3.73. The summed E-state index contributed by atoms with van der Waals surface area (Å²) in [6.45, 7) is 0. The number of aromatic amines is 1. The molecule has 5 nitrogen and oxygen atoms in total. The molecule has 2 aromatic carbocycles. The Morgan fingerprint density at radius 1 is 0.950 bits per heavy atom. The van der Waals surface area contributed by atoms with Gasteiger partial charge in [-0.15, -0.1) is 0 Å². The van der Waals surface area contributed by atoms with Crippen LogP contribution in [0, 0.1) is 0 Å². The predicted octanol–water partition coefficient (Wildman–Crippen LogP) is 3.10. The van der Waals surface area contributed by atoms with E-state index in [0.717, 1.165) is 0 Å². The molecule has 0 spiro atoms. The molecule has 0 amide bonds. The van der Waals surface area contributed by atoms with Gasteiger partial charge >= 0.3 is 0 Å². The van der Waals surface area contributed by atoms with E-state index in [0.29, 0.717) is 16.1 Å². The summed E-state index contributed by atoms with van der Waals surface area (Å²) in [5.74, 6) is 0. The molecule has 0 fully saturated rings. The first-order chi connectivity index (χ1) is 9.50. The van der Waals surface area contributed by atoms with E-state index in [1.54, 1.807) is 6.07 Å². The highest BCUT2D eigenvalue weighted by atomic mass is 35.5. The lowest BCUT2D eigenvalue weighted by Crippen LogP contribution is -2.03. The summed E-state index contributed by atoms with van der Waals surface area (Å²) < 4.78 is 25.1. The molecule has 0 radical (unpaired) electrons. The van der Waals surface area contributed by atoms with Gasteiger partial charge in [0.25, 0.3) is 0 Å². The molecule has 1 aromatic heterocycles. The van der Waals surface area contributed by atoms with Crippen molar-refractivity contribution in [3.63, 3.8) is 0 Å². The van der Waals surface area contributed by atoms with Crippen LogP contribution >= 0.6 is 23.2 Å². The summed E-state index contributed by atoms with van der Waals surface area (Å²) in [5.41, 5.74) is 0.826. The third-order valence-electron chi connectivity index (χ3n) is 2.81. The van der Waals surface area contributed by atoms with Gasteiger partial charge in [0.2, 0.25) is 9.84 Å². The minimum atomic E-state index is -3.73. The van der Waals surface area contributed by atoms with Crippen molar-refractivity contribution in [1.82, 2.24) is 15.4 Å². The minimum Gasteiger partial charge on any atom is -0.218 e. The average molecular weight is 328 g/mol. The number of benzene rings is 2. The van der Waals surface area contributed by atoms with Crippen LogP contribution in [0.15, 0.2) is 46.2 Å². The zero-order valence-electron chi connectivity index (χ0n) is 9.84. The zero-order chi connectivity index (χ0) is 14.3. The van der Waals surface area contributed by atoms with E-state index < -0.39 is 9.84 Å². The van der Waals surface area contributed by atoms with Crippen molar-refractivity contribution in [2.75, 3.05) is 0 Å². The Hall–Kier alpha value is -1.63. The molecule has 0 aliphatic heterocycles. The molecule has 8 heteroatoms. The minimum absolute atomic E-state index is 0.0112. The molecule has 3 aromatic rings. The molecule has 0 saturated carbocycles. The summed E-state index contributed by atoms with van der Waals surface area (Å²) in [5, 5.41) is 10.6. The Bertz CT molecular complexity index is 889. The molecule has 0 aliphatic rings. The van der Waals surface area contributed by atoms with Crippen LogP contribution in [0.3, 0.4) is 0 Å². The van der Waals surface area contributed by atoms with Crippen molar-refractivity contribution < 1.29 is 8.42 Å². The van der Waals surface area contributed by atoms with Gasteiger partial charge in [0.1, 0.15) is 11.0 Å². The smallest absolute Gasteiger partial charge is 0.208 e. The number of nitrogens with one attached hydrogen (secondary N) is 1. The van der Waals surface area contributed by atoms with Crippen LogP contribution in [0.2, 0.25) is 10.0 Å². The first kappa shape index (κ1) is 13.4. The lowest BCUT2D eigenvalue weighted by molar-refractivity contribution is 0.596. The van der Waals surface area contributed by atoms with Crippen LogP contribution in [0.4, 0.5) is 0 Å². The van der Waals surface area contributed by atoms with E-state index in [2.05, 4.69) is 15.4 Å². The van der Waals surface area contributed by atoms with Crippen LogP contribution in [-0.4, -0.2) is 23.8 Å². The molecule has 20 heavy (non-hydrogen) atoms. The van der Waals surface area contributed by atoms with Crippen molar-refractivity contribution in [3.8, 4) is 0 Å². The lowest BCUT2D eigenvalue weighted by Gasteiger charge is -2.06. The second-order valence-electron chi connectivity index (χ2n) is 4.03. The topological polar surface area (TPSA) is 75.7 Å². The predicted molar refractivity (Wildman–Crippen MR) is 75.8 cm³/mol. The van der Waals surface area contributed by atoms with Crippen molar-refractivity contribution in [2.24, 2.45) is 0 Å². The van der Waals surface area contributed by atoms with E-state index in [1.165, 1.54) is 30.3 Å². The summed E-state index contributed by atoms with van der Waals surface area (Å²) in [4.78, 5) is 0.106. The van der Waals surface area contributed by atoms with Crippen LogP contribution in [0.25, 0.3) is 11.0 Å². The van der Waals surface area contributed by atoms with Crippen molar-refractivity contribution >= 4 is 44.1 Å². The zero-order valence-corrected chi connectivity index (χ0v) is 12.2. The summed E-state index contributed by atoms with van der Waals surface area (Å²) in [6.07, 6.45) is 0. The Balaban J connectivity index is 2.23. The third-order valence-corrected chi connectivity index (χ3v) is 5.36. The number of H-pyrrole nitrogens is 1. The number of sulfone groups is 1. The SMILES string of the molecule is O=S(=O)(c1ccc(Cl)cc1)c1ccc2n[nH]nc2c1Cl. The molecule has 0 unspecified atom stereocenters. The fraction of sp³-hybridized carbons (Fsp3) is 0. The number of halogens is 2. The maximum atomic E-state index is 12.5. The summed E-state index contributed by atoms with van der Waals surface area (Å²) in [6, 6.07) is 8.85. The highest BCUT2D eigenvalue weighted by molar-refractivity contribution is 7.91. The fourth-order valence-corrected chi connectivity index (χ4v) is 3.77. The van der Waals surface area contributed by atoms with Crippen LogP contribution in [0.1, 0.15) is 0 Å². The standard InChI is InChI=1S/C12H7Cl2N3O2S/c13-7-1-3-8(4-2-7)20(18,19)10-6-5-9-12(11(10)14)16-17-15-9/h1-6H,(H,15,16,17). The lowest BCUT2D eigenvalue weighted by atomic mass is 10.3. The van der Waals surface area contributed by atoms with Gasteiger partial charge in [-0.1, -0.05) is 23.2 Å². The van der Waals surface area contributed by atoms with E-state index in [4.69, 9.17) is 23.2 Å². The van der Waals surface area contributed by atoms with Crippen molar-refractivity contribution in [1.29, 1.82) is 0 Å². The van der Waals surface area contributed by atoms with Gasteiger partial charge in [-0.2, -0.15) is 15.4 Å². The van der Waals surface area contributed by atoms with Crippen LogP contribution < -0.4 is 0 Å². The van der Waals surface area contributed by atoms with E-state index in [-0.39, 0.29) is 14.8 Å². The molecule has 0 bridgehead atoms. The first-order valence-corrected chi connectivity index (χ1v) is 7.74. The Morgan fingerprint density at radius 3 is 2.35 bits per heavy atom. The Kier molecular flexibility index (Phi) is 3.16. The maximum absolute atomic E-state index is 12.5. The number of hydrogen-bond acceptors (Lipinski definition) is 4. The fourth-order valence-electron chi connectivity index (χ4n) is 1.81. The van der Waals surface area contributed by atoms with Crippen molar-refractivity contribution in [3.05, 3.63) is 46.4 Å². The second-order valence-corrected chi connectivity index (χ2v) is 6.76. The maximum Gasteiger partial charge on any atom is 0.208 e. The summed E-state index contributed by atoms with van der Waals surface area (Å²) >= 11 is 11.9. The van der Waals surface area contributed by atoms with E-state index in [1.807, 2.05) is 0 Å². The molecular weight excluding hydrogens is 321 g/mol. The molecular formula is C12H7Cl2N3O2S. The third kappa shape index (κ3) is 2.06. The average Bonchev–Trinajstić information content (AvgIpc) is 2.88. The molecule has 1 N–H and O–H groups in total.